The smallest absolute Gasteiger partial charge is 0.248 e. The van der Waals surface area contributed by atoms with E-state index in [2.05, 4.69) is 12.2 Å². The van der Waals surface area contributed by atoms with Crippen LogP contribution in [0.15, 0.2) is 42.5 Å². The molecule has 2 atom stereocenters. The van der Waals surface area contributed by atoms with Gasteiger partial charge in [0.2, 0.25) is 17.7 Å². The van der Waals surface area contributed by atoms with E-state index in [1.165, 1.54) is 0 Å². The molecule has 180 valence electrons. The van der Waals surface area contributed by atoms with E-state index in [0.717, 1.165) is 24.8 Å². The number of carbonyl (C=O) groups excluding carboxylic acids is 3. The molecule has 0 spiro atoms. The Bertz CT molecular complexity index is 822. The molecule has 3 amide bonds. The molecule has 0 N–H and O–H groups in total. The number of benzene rings is 1. The van der Waals surface area contributed by atoms with Gasteiger partial charge in [-0.15, -0.1) is 0 Å². The van der Waals surface area contributed by atoms with Gasteiger partial charge in [-0.05, 0) is 45.1 Å². The number of allylic oxidation sites excluding steroid dienone is 2. The lowest BCUT2D eigenvalue weighted by atomic mass is 9.93. The number of likely N-dealkylation sites (N-methyl/N-ethyl adjacent to an activating group) is 1. The molecule has 1 aromatic carbocycles. The molecule has 1 heterocycles. The quantitative estimate of drug-likeness (QED) is 0.537. The van der Waals surface area contributed by atoms with Gasteiger partial charge in [-0.2, -0.15) is 0 Å². The van der Waals surface area contributed by atoms with Crippen molar-refractivity contribution in [3.05, 3.63) is 48.0 Å². The van der Waals surface area contributed by atoms with Crippen molar-refractivity contribution in [3.8, 4) is 0 Å². The van der Waals surface area contributed by atoms with Gasteiger partial charge in [0, 0.05) is 38.6 Å². The predicted molar refractivity (Wildman–Crippen MR) is 127 cm³/mol. The molecule has 1 saturated heterocycles. The molecule has 7 nitrogen and oxygen atoms in total. The van der Waals surface area contributed by atoms with Crippen LogP contribution in [0.1, 0.15) is 38.7 Å². The van der Waals surface area contributed by atoms with E-state index in [0.29, 0.717) is 39.1 Å². The van der Waals surface area contributed by atoms with Gasteiger partial charge < -0.3 is 19.4 Å². The first-order valence-corrected chi connectivity index (χ1v) is 12.2. The van der Waals surface area contributed by atoms with Crippen molar-refractivity contribution in [3.63, 3.8) is 0 Å². The van der Waals surface area contributed by atoms with Gasteiger partial charge in [0.05, 0.1) is 12.6 Å². The SMILES string of the molecule is CCN(CC)C(=O)CO[C@H]1CN(CCc2ccccc2)C(=O)CN(C(=O)[C@H]2CC=CCC2)C1. The topological polar surface area (TPSA) is 70.2 Å². The van der Waals surface area contributed by atoms with Gasteiger partial charge in [0.25, 0.3) is 0 Å². The maximum absolute atomic E-state index is 13.2. The van der Waals surface area contributed by atoms with Gasteiger partial charge in [-0.1, -0.05) is 42.5 Å². The zero-order chi connectivity index (χ0) is 23.6. The fraction of sp³-hybridized carbons (Fsp3) is 0.577. The van der Waals surface area contributed by atoms with Crippen molar-refractivity contribution < 1.29 is 19.1 Å². The molecule has 1 aromatic rings. The molecule has 33 heavy (non-hydrogen) atoms. The van der Waals surface area contributed by atoms with E-state index in [-0.39, 0.29) is 36.8 Å². The van der Waals surface area contributed by atoms with Crippen molar-refractivity contribution in [2.75, 3.05) is 45.9 Å². The van der Waals surface area contributed by atoms with E-state index in [1.54, 1.807) is 14.7 Å². The van der Waals surface area contributed by atoms with Crippen LogP contribution < -0.4 is 0 Å². The second-order valence-corrected chi connectivity index (χ2v) is 8.77. The van der Waals surface area contributed by atoms with Gasteiger partial charge >= 0.3 is 0 Å². The number of rotatable bonds is 9. The molecule has 0 bridgehead atoms. The standard InChI is InChI=1S/C26H37N3O4/c1-3-27(4-2)25(31)20-33-23-17-28(16-15-21-11-7-5-8-12-21)24(30)19-29(18-23)26(32)22-13-9-6-10-14-22/h5-9,11-12,22-23H,3-4,10,13-20H2,1-2H3/t22-,23-/m0/s1. The highest BCUT2D eigenvalue weighted by Crippen LogP contribution is 2.22. The van der Waals surface area contributed by atoms with Crippen molar-refractivity contribution in [2.24, 2.45) is 5.92 Å². The third-order valence-electron chi connectivity index (χ3n) is 6.53. The van der Waals surface area contributed by atoms with Crippen LogP contribution in [-0.4, -0.2) is 84.4 Å². The lowest BCUT2D eigenvalue weighted by Crippen LogP contribution is -2.43. The highest BCUT2D eigenvalue weighted by molar-refractivity contribution is 5.86. The molecule has 1 aliphatic heterocycles. The average Bonchev–Trinajstić information content (AvgIpc) is 3.01. The Hall–Kier alpha value is -2.67. The van der Waals surface area contributed by atoms with Crippen molar-refractivity contribution in [1.82, 2.24) is 14.7 Å². The number of ether oxygens (including phenoxy) is 1. The van der Waals surface area contributed by atoms with Crippen LogP contribution >= 0.6 is 0 Å². The average molecular weight is 456 g/mol. The van der Waals surface area contributed by atoms with Crippen LogP contribution in [0.5, 0.6) is 0 Å². The molecule has 1 aliphatic carbocycles. The highest BCUT2D eigenvalue weighted by atomic mass is 16.5. The minimum atomic E-state index is -0.394. The maximum Gasteiger partial charge on any atom is 0.248 e. The molecule has 0 aromatic heterocycles. The molecule has 0 unspecified atom stereocenters. The molecular weight excluding hydrogens is 418 g/mol. The summed E-state index contributed by atoms with van der Waals surface area (Å²) in [5.41, 5.74) is 1.16. The first kappa shape index (κ1) is 25.0. The fourth-order valence-electron chi connectivity index (χ4n) is 4.51. The van der Waals surface area contributed by atoms with E-state index in [9.17, 15) is 14.4 Å². The van der Waals surface area contributed by atoms with Crippen molar-refractivity contribution in [1.29, 1.82) is 0 Å². The summed E-state index contributed by atoms with van der Waals surface area (Å²) in [4.78, 5) is 44.0. The Morgan fingerprint density at radius 1 is 1.09 bits per heavy atom. The van der Waals surface area contributed by atoms with Crippen LogP contribution in [0.3, 0.4) is 0 Å². The summed E-state index contributed by atoms with van der Waals surface area (Å²) in [6, 6.07) is 10.0. The Morgan fingerprint density at radius 3 is 2.52 bits per heavy atom. The normalized spacial score (nSPS) is 21.1. The van der Waals surface area contributed by atoms with Crippen LogP contribution in [0, 0.1) is 5.92 Å². The highest BCUT2D eigenvalue weighted by Gasteiger charge is 2.34. The van der Waals surface area contributed by atoms with Gasteiger partial charge in [0.15, 0.2) is 0 Å². The van der Waals surface area contributed by atoms with E-state index in [4.69, 9.17) is 4.74 Å². The third-order valence-corrected chi connectivity index (χ3v) is 6.53. The Morgan fingerprint density at radius 2 is 1.85 bits per heavy atom. The van der Waals surface area contributed by atoms with Gasteiger partial charge in [-0.25, -0.2) is 0 Å². The zero-order valence-electron chi connectivity index (χ0n) is 19.9. The summed E-state index contributed by atoms with van der Waals surface area (Å²) >= 11 is 0. The number of carbonyl (C=O) groups is 3. The Kier molecular flexibility index (Phi) is 9.48. The van der Waals surface area contributed by atoms with Gasteiger partial charge in [0.1, 0.15) is 6.61 Å². The van der Waals surface area contributed by atoms with Crippen LogP contribution in [0.2, 0.25) is 0 Å². The summed E-state index contributed by atoms with van der Waals surface area (Å²) < 4.78 is 6.01. The largest absolute Gasteiger partial charge is 0.365 e. The summed E-state index contributed by atoms with van der Waals surface area (Å²) in [5.74, 6) is -0.202. The van der Waals surface area contributed by atoms with Crippen LogP contribution in [0.4, 0.5) is 0 Å². The Labute approximate surface area is 197 Å². The molecule has 0 saturated carbocycles. The predicted octanol–water partition coefficient (Wildman–Crippen LogP) is 2.51. The lowest BCUT2D eigenvalue weighted by Gasteiger charge is -2.28. The summed E-state index contributed by atoms with van der Waals surface area (Å²) in [5, 5.41) is 0. The van der Waals surface area contributed by atoms with Crippen molar-refractivity contribution >= 4 is 17.7 Å². The first-order valence-electron chi connectivity index (χ1n) is 12.2. The minimum absolute atomic E-state index is 0.0151. The molecule has 2 aliphatic rings. The van der Waals surface area contributed by atoms with Crippen LogP contribution in [-0.2, 0) is 25.5 Å². The number of amides is 3. The van der Waals surface area contributed by atoms with E-state index in [1.807, 2.05) is 44.2 Å². The van der Waals surface area contributed by atoms with E-state index >= 15 is 0 Å². The molecule has 1 fully saturated rings. The second-order valence-electron chi connectivity index (χ2n) is 8.77. The fourth-order valence-corrected chi connectivity index (χ4v) is 4.51. The minimum Gasteiger partial charge on any atom is -0.365 e. The number of hydrogen-bond donors (Lipinski definition) is 0. The summed E-state index contributed by atoms with van der Waals surface area (Å²) in [6.45, 7) is 6.44. The first-order chi connectivity index (χ1) is 16.0. The molecule has 0 radical (unpaired) electrons. The monoisotopic (exact) mass is 455 g/mol. The maximum atomic E-state index is 13.2. The number of nitrogens with zero attached hydrogens (tertiary/aromatic N) is 3. The van der Waals surface area contributed by atoms with E-state index < -0.39 is 6.10 Å². The summed E-state index contributed by atoms with van der Waals surface area (Å²) in [6.07, 6.45) is 6.91. The van der Waals surface area contributed by atoms with Gasteiger partial charge in [-0.3, -0.25) is 14.4 Å². The molecule has 3 rings (SSSR count). The third kappa shape index (κ3) is 7.16. The summed E-state index contributed by atoms with van der Waals surface area (Å²) in [7, 11) is 0. The molecular formula is C26H37N3O4. The lowest BCUT2D eigenvalue weighted by molar-refractivity contribution is -0.142. The van der Waals surface area contributed by atoms with Crippen molar-refractivity contribution in [2.45, 2.75) is 45.6 Å². The Balaban J connectivity index is 1.69. The zero-order valence-corrected chi connectivity index (χ0v) is 19.9. The number of hydrogen-bond acceptors (Lipinski definition) is 4. The molecule has 7 heteroatoms. The second kappa shape index (κ2) is 12.5. The van der Waals surface area contributed by atoms with Crippen LogP contribution in [0.25, 0.3) is 0 Å².